The van der Waals surface area contributed by atoms with E-state index in [1.165, 1.54) is 37.4 Å². The van der Waals surface area contributed by atoms with E-state index >= 15 is 0 Å². The normalized spacial score (nSPS) is 18.2. The number of nitrogens with two attached hydrogens (primary N) is 1. The number of likely N-dealkylation sites (tertiary alicyclic amines) is 1. The van der Waals surface area contributed by atoms with Crippen molar-refractivity contribution in [3.8, 4) is 5.75 Å². The zero-order valence-electron chi connectivity index (χ0n) is 16.4. The van der Waals surface area contributed by atoms with Crippen LogP contribution in [-0.4, -0.2) is 36.7 Å². The lowest BCUT2D eigenvalue weighted by atomic mass is 9.98. The maximum atomic E-state index is 14.0. The van der Waals surface area contributed by atoms with Crippen LogP contribution in [0.4, 0.5) is 18.9 Å². The first kappa shape index (κ1) is 22.2. The van der Waals surface area contributed by atoms with Gasteiger partial charge < -0.3 is 15.8 Å². The summed E-state index contributed by atoms with van der Waals surface area (Å²) < 4.78 is 47.1. The number of nitrogens with zero attached hydrogens (tertiary/aromatic N) is 1. The van der Waals surface area contributed by atoms with Gasteiger partial charge in [-0.25, -0.2) is 0 Å². The Morgan fingerprint density at radius 3 is 2.60 bits per heavy atom. The SMILES string of the molecule is COc1ccc(NC(c2ccc(Cl)cc2CN2CCC[C@H]2C(N)=O)C(F)(F)F)cc1. The van der Waals surface area contributed by atoms with Crippen LogP contribution in [-0.2, 0) is 11.3 Å². The van der Waals surface area contributed by atoms with Crippen molar-refractivity contribution >= 4 is 23.2 Å². The average Bonchev–Trinajstić information content (AvgIpc) is 3.15. The van der Waals surface area contributed by atoms with E-state index in [-0.39, 0.29) is 12.1 Å². The minimum atomic E-state index is -4.56. The molecule has 2 atom stereocenters. The number of anilines is 1. The molecule has 0 aromatic heterocycles. The zero-order chi connectivity index (χ0) is 21.9. The van der Waals surface area contributed by atoms with E-state index in [2.05, 4.69) is 5.32 Å². The highest BCUT2D eigenvalue weighted by Crippen LogP contribution is 2.39. The monoisotopic (exact) mass is 441 g/mol. The number of carbonyl (C=O) groups is 1. The number of nitrogens with one attached hydrogen (secondary N) is 1. The molecule has 2 aromatic rings. The first-order chi connectivity index (χ1) is 14.2. The molecule has 0 spiro atoms. The van der Waals surface area contributed by atoms with Crippen molar-refractivity contribution in [2.24, 2.45) is 5.73 Å². The molecule has 3 rings (SSSR count). The van der Waals surface area contributed by atoms with E-state index in [0.29, 0.717) is 35.0 Å². The molecule has 3 N–H and O–H groups in total. The zero-order valence-corrected chi connectivity index (χ0v) is 17.1. The summed E-state index contributed by atoms with van der Waals surface area (Å²) in [4.78, 5) is 13.5. The number of methoxy groups -OCH3 is 1. The van der Waals surface area contributed by atoms with Crippen molar-refractivity contribution in [2.45, 2.75) is 37.6 Å². The number of rotatable bonds is 7. The molecule has 1 saturated heterocycles. The summed E-state index contributed by atoms with van der Waals surface area (Å²) in [6.07, 6.45) is -3.20. The molecule has 162 valence electrons. The molecule has 0 aliphatic carbocycles. The van der Waals surface area contributed by atoms with Gasteiger partial charge in [0.1, 0.15) is 11.8 Å². The van der Waals surface area contributed by atoms with Crippen LogP contribution >= 0.6 is 11.6 Å². The molecule has 0 radical (unpaired) electrons. The Morgan fingerprint density at radius 2 is 2.00 bits per heavy atom. The molecule has 5 nitrogen and oxygen atoms in total. The second kappa shape index (κ2) is 9.14. The highest BCUT2D eigenvalue weighted by Gasteiger charge is 2.42. The van der Waals surface area contributed by atoms with Gasteiger partial charge in [0.05, 0.1) is 13.2 Å². The van der Waals surface area contributed by atoms with E-state index in [9.17, 15) is 18.0 Å². The van der Waals surface area contributed by atoms with Gasteiger partial charge in [0.25, 0.3) is 0 Å². The average molecular weight is 442 g/mol. The summed E-state index contributed by atoms with van der Waals surface area (Å²) in [5, 5.41) is 2.90. The second-order valence-corrected chi connectivity index (χ2v) is 7.66. The van der Waals surface area contributed by atoms with Crippen LogP contribution in [0.5, 0.6) is 5.75 Å². The van der Waals surface area contributed by atoms with Crippen molar-refractivity contribution in [1.82, 2.24) is 4.90 Å². The number of hydrogen-bond donors (Lipinski definition) is 2. The van der Waals surface area contributed by atoms with Gasteiger partial charge in [-0.2, -0.15) is 13.2 Å². The summed E-state index contributed by atoms with van der Waals surface area (Å²) in [7, 11) is 1.48. The van der Waals surface area contributed by atoms with Crippen LogP contribution in [0.2, 0.25) is 5.02 Å². The first-order valence-electron chi connectivity index (χ1n) is 9.48. The van der Waals surface area contributed by atoms with E-state index in [1.807, 2.05) is 0 Å². The lowest BCUT2D eigenvalue weighted by Gasteiger charge is -2.28. The van der Waals surface area contributed by atoms with Crippen LogP contribution in [0, 0.1) is 0 Å². The maximum Gasteiger partial charge on any atom is 0.412 e. The Morgan fingerprint density at radius 1 is 1.30 bits per heavy atom. The Bertz CT molecular complexity index is 890. The lowest BCUT2D eigenvalue weighted by Crippen LogP contribution is -2.40. The van der Waals surface area contributed by atoms with E-state index in [1.54, 1.807) is 17.0 Å². The predicted octanol–water partition coefficient (Wildman–Crippen LogP) is 4.51. The molecule has 1 unspecified atom stereocenters. The first-order valence-corrected chi connectivity index (χ1v) is 9.86. The number of ether oxygens (including phenoxy) is 1. The molecule has 30 heavy (non-hydrogen) atoms. The minimum Gasteiger partial charge on any atom is -0.497 e. The van der Waals surface area contributed by atoms with Crippen molar-refractivity contribution in [3.05, 3.63) is 58.6 Å². The quantitative estimate of drug-likeness (QED) is 0.663. The summed E-state index contributed by atoms with van der Waals surface area (Å²) in [5.74, 6) is 0.0719. The molecular formula is C21H23ClF3N3O2. The highest BCUT2D eigenvalue weighted by atomic mass is 35.5. The fourth-order valence-electron chi connectivity index (χ4n) is 3.74. The predicted molar refractivity (Wildman–Crippen MR) is 109 cm³/mol. The number of alkyl halides is 3. The molecule has 9 heteroatoms. The van der Waals surface area contributed by atoms with Crippen molar-refractivity contribution in [1.29, 1.82) is 0 Å². The number of halogens is 4. The number of amides is 1. The van der Waals surface area contributed by atoms with Crippen molar-refractivity contribution in [2.75, 3.05) is 19.0 Å². The Labute approximate surface area is 177 Å². The molecular weight excluding hydrogens is 419 g/mol. The maximum absolute atomic E-state index is 14.0. The summed E-state index contributed by atoms with van der Waals surface area (Å²) >= 11 is 6.09. The van der Waals surface area contributed by atoms with Gasteiger partial charge in [0.15, 0.2) is 0 Å². The lowest BCUT2D eigenvalue weighted by molar-refractivity contribution is -0.144. The van der Waals surface area contributed by atoms with Crippen LogP contribution < -0.4 is 15.8 Å². The van der Waals surface area contributed by atoms with Crippen LogP contribution in [0.1, 0.15) is 30.0 Å². The number of carbonyl (C=O) groups excluding carboxylic acids is 1. The molecule has 2 aromatic carbocycles. The molecule has 1 aliphatic rings. The van der Waals surface area contributed by atoms with E-state index < -0.39 is 24.2 Å². The van der Waals surface area contributed by atoms with Crippen LogP contribution in [0.3, 0.4) is 0 Å². The number of primary amides is 1. The second-order valence-electron chi connectivity index (χ2n) is 7.22. The fourth-order valence-corrected chi connectivity index (χ4v) is 3.93. The third-order valence-electron chi connectivity index (χ3n) is 5.21. The third-order valence-corrected chi connectivity index (χ3v) is 5.44. The smallest absolute Gasteiger partial charge is 0.412 e. The van der Waals surface area contributed by atoms with Crippen LogP contribution in [0.25, 0.3) is 0 Å². The molecule has 1 fully saturated rings. The Hall–Kier alpha value is -2.45. The van der Waals surface area contributed by atoms with E-state index in [4.69, 9.17) is 22.1 Å². The van der Waals surface area contributed by atoms with Crippen molar-refractivity contribution < 1.29 is 22.7 Å². The van der Waals surface area contributed by atoms with Gasteiger partial charge in [-0.05, 0) is 66.9 Å². The van der Waals surface area contributed by atoms with Gasteiger partial charge in [-0.3, -0.25) is 9.69 Å². The molecule has 1 heterocycles. The molecule has 0 bridgehead atoms. The number of benzene rings is 2. The Kier molecular flexibility index (Phi) is 6.77. The summed E-state index contributed by atoms with van der Waals surface area (Å²) in [6.45, 7) is 0.739. The van der Waals surface area contributed by atoms with Gasteiger partial charge >= 0.3 is 6.18 Å². The van der Waals surface area contributed by atoms with Gasteiger partial charge in [-0.1, -0.05) is 17.7 Å². The van der Waals surface area contributed by atoms with E-state index in [0.717, 1.165) is 6.42 Å². The topological polar surface area (TPSA) is 67.6 Å². The summed E-state index contributed by atoms with van der Waals surface area (Å²) in [6, 6.07) is 8.10. The molecule has 1 amide bonds. The fraction of sp³-hybridized carbons (Fsp3) is 0.381. The van der Waals surface area contributed by atoms with Crippen molar-refractivity contribution in [3.63, 3.8) is 0 Å². The van der Waals surface area contributed by atoms with Gasteiger partial charge in [0.2, 0.25) is 5.91 Å². The highest BCUT2D eigenvalue weighted by molar-refractivity contribution is 6.30. The number of hydrogen-bond acceptors (Lipinski definition) is 4. The van der Waals surface area contributed by atoms with Gasteiger partial charge in [0, 0.05) is 17.3 Å². The summed E-state index contributed by atoms with van der Waals surface area (Å²) in [5.41, 5.74) is 6.21. The minimum absolute atomic E-state index is 0.0536. The van der Waals surface area contributed by atoms with Crippen LogP contribution in [0.15, 0.2) is 42.5 Å². The van der Waals surface area contributed by atoms with Gasteiger partial charge in [-0.15, -0.1) is 0 Å². The third kappa shape index (κ3) is 5.17. The molecule has 1 aliphatic heterocycles. The Balaban J connectivity index is 1.94. The largest absolute Gasteiger partial charge is 0.497 e. The standard InChI is InChI=1S/C21H23ClF3N3O2/c1-30-16-7-5-15(6-8-16)27-19(21(23,24)25)17-9-4-14(22)11-13(17)12-28-10-2-3-18(28)20(26)29/h4-9,11,18-19,27H,2-3,10,12H2,1H3,(H2,26,29)/t18-,19?/m0/s1. The molecule has 0 saturated carbocycles.